The Balaban J connectivity index is 1.47. The first-order valence-corrected chi connectivity index (χ1v) is 22.0. The van der Waals surface area contributed by atoms with E-state index < -0.39 is 26.4 Å². The van der Waals surface area contributed by atoms with Crippen molar-refractivity contribution in [3.63, 3.8) is 0 Å². The molecule has 10 heteroatoms. The quantitative estimate of drug-likeness (QED) is 0.0438. The number of nitrogens with two attached hydrogens (primary N) is 1. The van der Waals surface area contributed by atoms with Crippen molar-refractivity contribution in [2.24, 2.45) is 5.73 Å². The van der Waals surface area contributed by atoms with Gasteiger partial charge in [0, 0.05) is 17.7 Å². The van der Waals surface area contributed by atoms with Gasteiger partial charge in [-0.3, -0.25) is 15.0 Å². The van der Waals surface area contributed by atoms with Crippen molar-refractivity contribution in [1.82, 2.24) is 15.5 Å². The van der Waals surface area contributed by atoms with E-state index in [4.69, 9.17) is 15.9 Å². The summed E-state index contributed by atoms with van der Waals surface area (Å²) in [7, 11) is -1.19. The van der Waals surface area contributed by atoms with Crippen LogP contribution < -0.4 is 16.4 Å². The highest BCUT2D eigenvalue weighted by molar-refractivity contribution is 8.33. The summed E-state index contributed by atoms with van der Waals surface area (Å²) in [4.78, 5) is 41.5. The molecule has 0 radical (unpaired) electrons. The van der Waals surface area contributed by atoms with Crippen molar-refractivity contribution in [3.8, 4) is 0 Å². The van der Waals surface area contributed by atoms with E-state index >= 15 is 0 Å². The van der Waals surface area contributed by atoms with Gasteiger partial charge in [-0.25, -0.2) is 14.8 Å². The van der Waals surface area contributed by atoms with Gasteiger partial charge in [0.05, 0.1) is 22.9 Å². The zero-order valence-corrected chi connectivity index (χ0v) is 32.8. The Morgan fingerprint density at radius 3 is 1.94 bits per heavy atom. The van der Waals surface area contributed by atoms with E-state index in [9.17, 15) is 14.4 Å². The number of carbonyl (C=O) groups is 3. The van der Waals surface area contributed by atoms with Crippen LogP contribution in [0.3, 0.4) is 0 Å². The second-order valence-corrected chi connectivity index (χ2v) is 20.1. The summed E-state index contributed by atoms with van der Waals surface area (Å²) in [5, 5.41) is 14.7. The molecular weight excluding hydrogens is 647 g/mol. The van der Waals surface area contributed by atoms with E-state index in [2.05, 4.69) is 36.3 Å². The second kappa shape index (κ2) is 19.6. The van der Waals surface area contributed by atoms with Crippen LogP contribution in [-0.2, 0) is 14.3 Å². The number of nitrogens with zero attached hydrogens (tertiary/aromatic N) is 1. The first kappa shape index (κ1) is 41.4. The summed E-state index contributed by atoms with van der Waals surface area (Å²) < 4.78 is 5.26. The fraction of sp³-hybridized carbons (Fsp3) is 0.700. The Morgan fingerprint density at radius 2 is 1.44 bits per heavy atom. The Morgan fingerprint density at radius 1 is 0.900 bits per heavy atom. The highest BCUT2D eigenvalue weighted by Crippen LogP contribution is 2.60. The topological polar surface area (TPSA) is 138 Å². The van der Waals surface area contributed by atoms with Gasteiger partial charge in [-0.1, -0.05) is 114 Å². The summed E-state index contributed by atoms with van der Waals surface area (Å²) in [5.74, 6) is -0.432. The third kappa shape index (κ3) is 11.2. The van der Waals surface area contributed by atoms with E-state index in [1.165, 1.54) is 64.2 Å². The maximum atomic E-state index is 13.8. The molecule has 1 heterocycles. The molecule has 1 aliphatic carbocycles. The number of benzene rings is 1. The molecule has 3 amide bonds. The number of hydrogen-bond acceptors (Lipinski definition) is 6. The van der Waals surface area contributed by atoms with E-state index in [0.717, 1.165) is 44.1 Å². The monoisotopic (exact) mass is 713 g/mol. The molecule has 1 saturated carbocycles. The predicted octanol–water partition coefficient (Wildman–Crippen LogP) is 8.48. The smallest absolute Gasteiger partial charge is 0.319 e. The van der Waals surface area contributed by atoms with Gasteiger partial charge in [0.25, 0.3) is 0 Å². The Kier molecular flexibility index (Phi) is 16.2. The van der Waals surface area contributed by atoms with E-state index in [1.807, 2.05) is 44.2 Å². The van der Waals surface area contributed by atoms with Gasteiger partial charge in [0.15, 0.2) is 0 Å². The molecule has 1 aliphatic heterocycles. The minimum Gasteiger partial charge on any atom is -0.463 e. The Labute approximate surface area is 304 Å². The van der Waals surface area contributed by atoms with Crippen LogP contribution >= 0.6 is 10.0 Å². The zero-order chi connectivity index (χ0) is 36.8. The minimum absolute atomic E-state index is 0.0141. The zero-order valence-electron chi connectivity index (χ0n) is 32.0. The molecule has 0 aromatic heterocycles. The average molecular weight is 714 g/mol. The average Bonchev–Trinajstić information content (AvgIpc) is 3.28. The molecule has 5 N–H and O–H groups in total. The van der Waals surface area contributed by atoms with Crippen LogP contribution in [0.25, 0.3) is 0 Å². The Hall–Kier alpha value is -3.01. The number of carbonyl (C=O) groups excluding carboxylic acids is 3. The normalized spacial score (nSPS) is 17.5. The highest BCUT2D eigenvalue weighted by Gasteiger charge is 2.51. The first-order chi connectivity index (χ1) is 23.7. The summed E-state index contributed by atoms with van der Waals surface area (Å²) in [5.41, 5.74) is 7.31. The van der Waals surface area contributed by atoms with Crippen LogP contribution in [0.15, 0.2) is 41.6 Å². The van der Waals surface area contributed by atoms with Gasteiger partial charge in [-0.15, -0.1) is 0 Å². The number of nitrogens with one attached hydrogen (secondary N) is 3. The molecule has 1 fully saturated rings. The summed E-state index contributed by atoms with van der Waals surface area (Å²) >= 11 is 0. The molecule has 1 atom stereocenters. The second-order valence-electron chi connectivity index (χ2n) is 15.6. The van der Waals surface area contributed by atoms with Crippen LogP contribution in [0.5, 0.6) is 0 Å². The maximum absolute atomic E-state index is 13.8. The number of ether oxygens (including phenoxy) is 1. The minimum atomic E-state index is -1.19. The summed E-state index contributed by atoms with van der Waals surface area (Å²) in [6.07, 6.45) is 25.7. The lowest BCUT2D eigenvalue weighted by atomic mass is 9.83. The van der Waals surface area contributed by atoms with Gasteiger partial charge < -0.3 is 26.0 Å². The van der Waals surface area contributed by atoms with Gasteiger partial charge in [-0.2, -0.15) is 0 Å². The highest BCUT2D eigenvalue weighted by atomic mass is 32.3. The van der Waals surface area contributed by atoms with Crippen molar-refractivity contribution >= 4 is 33.8 Å². The van der Waals surface area contributed by atoms with Crippen molar-refractivity contribution in [2.45, 2.75) is 146 Å². The largest absolute Gasteiger partial charge is 0.463 e. The van der Waals surface area contributed by atoms with Gasteiger partial charge in [-0.05, 0) is 63.9 Å². The lowest BCUT2D eigenvalue weighted by molar-refractivity contribution is -0.144. The molecule has 50 heavy (non-hydrogen) atoms. The standard InChI is InChI=1S/C40H67N5O4S/c1-7-8-9-10-11-12-13-14-15-16-17-18-22-26-34(46)49-30-33(31-24-20-19-21-25-31)43-38(48)45-29-32(35(41)39(45,2)3)36(42)44-37(47)40(27-23-28-40)50(4,5)6/h19-21,24-25,33H,7-18,22-23,26-30,41H2,1-6H3,(H,43,48)(H2,42,44,47). The van der Waals surface area contributed by atoms with Crippen molar-refractivity contribution < 1.29 is 19.1 Å². The predicted molar refractivity (Wildman–Crippen MR) is 209 cm³/mol. The lowest BCUT2D eigenvalue weighted by Gasteiger charge is -2.53. The molecule has 3 rings (SSSR count). The van der Waals surface area contributed by atoms with Gasteiger partial charge in [0.2, 0.25) is 5.91 Å². The van der Waals surface area contributed by atoms with E-state index in [1.54, 1.807) is 4.90 Å². The van der Waals surface area contributed by atoms with Crippen molar-refractivity contribution in [2.75, 3.05) is 31.9 Å². The Bertz CT molecular complexity index is 1300. The van der Waals surface area contributed by atoms with Crippen LogP contribution in [-0.4, -0.2) is 70.8 Å². The molecule has 0 saturated heterocycles. The number of esters is 1. The van der Waals surface area contributed by atoms with Crippen molar-refractivity contribution in [3.05, 3.63) is 47.2 Å². The molecule has 1 aromatic carbocycles. The number of rotatable bonds is 21. The molecular formula is C40H67N5O4S. The first-order valence-electron chi connectivity index (χ1n) is 19.1. The number of amidine groups is 1. The SMILES string of the molecule is CCCCCCCCCCCCCCCC(=O)OCC(NC(=O)N1CC(C(=N)NC(=O)C2(S(C)(C)C)CCC2)=C(N)C1(C)C)c1ccccc1. The third-order valence-electron chi connectivity index (χ3n) is 10.9. The van der Waals surface area contributed by atoms with Crippen LogP contribution in [0.1, 0.15) is 142 Å². The van der Waals surface area contributed by atoms with Crippen LogP contribution in [0.4, 0.5) is 4.79 Å². The maximum Gasteiger partial charge on any atom is 0.319 e. The number of unbranched alkanes of at least 4 members (excludes halogenated alkanes) is 12. The van der Waals surface area contributed by atoms with Gasteiger partial charge in [0.1, 0.15) is 12.4 Å². The third-order valence-corrected chi connectivity index (χ3v) is 13.8. The van der Waals surface area contributed by atoms with Crippen molar-refractivity contribution in [1.29, 1.82) is 5.41 Å². The molecule has 282 valence electrons. The number of hydrogen-bond donors (Lipinski definition) is 4. The molecule has 0 spiro atoms. The van der Waals surface area contributed by atoms with E-state index in [-0.39, 0.29) is 36.9 Å². The molecule has 9 nitrogen and oxygen atoms in total. The van der Waals surface area contributed by atoms with Crippen LogP contribution in [0.2, 0.25) is 0 Å². The molecule has 0 bridgehead atoms. The van der Waals surface area contributed by atoms with E-state index in [0.29, 0.717) is 17.7 Å². The lowest BCUT2D eigenvalue weighted by Crippen LogP contribution is -2.55. The molecule has 1 aromatic rings. The number of urea groups is 1. The van der Waals surface area contributed by atoms with Gasteiger partial charge >= 0.3 is 12.0 Å². The molecule has 1 unspecified atom stereocenters. The van der Waals surface area contributed by atoms with Crippen LogP contribution in [0, 0.1) is 5.41 Å². The fourth-order valence-corrected chi connectivity index (χ4v) is 9.20. The summed E-state index contributed by atoms with van der Waals surface area (Å²) in [6.45, 7) is 6.03. The summed E-state index contributed by atoms with van der Waals surface area (Å²) in [6, 6.07) is 8.53. The fourth-order valence-electron chi connectivity index (χ4n) is 7.08. The molecule has 2 aliphatic rings. The number of amides is 3.